The van der Waals surface area contributed by atoms with Crippen molar-refractivity contribution in [3.05, 3.63) is 28.8 Å². The van der Waals surface area contributed by atoms with E-state index >= 15 is 0 Å². The van der Waals surface area contributed by atoms with Gasteiger partial charge in [-0.25, -0.2) is 8.42 Å². The van der Waals surface area contributed by atoms with E-state index in [1.165, 1.54) is 4.31 Å². The number of benzene rings is 1. The SMILES string of the molecule is CC(C)N1CCN(S(=O)(=O)c2ccc(Cl)c(CCl)c2)CC1. The Morgan fingerprint density at radius 3 is 2.33 bits per heavy atom. The number of nitrogens with zero attached hydrogens (tertiary/aromatic N) is 2. The molecule has 0 aliphatic carbocycles. The molecule has 21 heavy (non-hydrogen) atoms. The zero-order chi connectivity index (χ0) is 15.6. The van der Waals surface area contributed by atoms with E-state index in [0.29, 0.717) is 29.7 Å². The summed E-state index contributed by atoms with van der Waals surface area (Å²) in [6.07, 6.45) is 0. The summed E-state index contributed by atoms with van der Waals surface area (Å²) < 4.78 is 26.9. The smallest absolute Gasteiger partial charge is 0.243 e. The normalized spacial score (nSPS) is 18.3. The van der Waals surface area contributed by atoms with Crippen LogP contribution in [0.4, 0.5) is 0 Å². The van der Waals surface area contributed by atoms with Crippen LogP contribution in [0.25, 0.3) is 0 Å². The molecule has 0 unspecified atom stereocenters. The average molecular weight is 351 g/mol. The molecule has 0 saturated carbocycles. The molecular weight excluding hydrogens is 331 g/mol. The van der Waals surface area contributed by atoms with Crippen LogP contribution in [0.2, 0.25) is 5.02 Å². The lowest BCUT2D eigenvalue weighted by Crippen LogP contribution is -2.50. The zero-order valence-corrected chi connectivity index (χ0v) is 14.5. The molecule has 1 aromatic rings. The van der Waals surface area contributed by atoms with Crippen LogP contribution in [-0.2, 0) is 15.9 Å². The van der Waals surface area contributed by atoms with Gasteiger partial charge >= 0.3 is 0 Å². The first-order chi connectivity index (χ1) is 9.86. The summed E-state index contributed by atoms with van der Waals surface area (Å²) in [6.45, 7) is 6.78. The van der Waals surface area contributed by atoms with Crippen molar-refractivity contribution in [3.8, 4) is 0 Å². The number of halogens is 2. The Labute approximate surface area is 136 Å². The van der Waals surface area contributed by atoms with Gasteiger partial charge in [-0.15, -0.1) is 11.6 Å². The molecule has 2 rings (SSSR count). The monoisotopic (exact) mass is 350 g/mol. The fourth-order valence-corrected chi connectivity index (χ4v) is 4.37. The van der Waals surface area contributed by atoms with Crippen LogP contribution in [0.1, 0.15) is 19.4 Å². The van der Waals surface area contributed by atoms with Gasteiger partial charge in [0.1, 0.15) is 0 Å². The van der Waals surface area contributed by atoms with Crippen molar-refractivity contribution in [2.24, 2.45) is 0 Å². The summed E-state index contributed by atoms with van der Waals surface area (Å²) in [5.41, 5.74) is 0.639. The van der Waals surface area contributed by atoms with Gasteiger partial charge in [-0.2, -0.15) is 4.31 Å². The summed E-state index contributed by atoms with van der Waals surface area (Å²) in [7, 11) is -3.47. The third kappa shape index (κ3) is 3.71. The van der Waals surface area contributed by atoms with Gasteiger partial charge in [0.25, 0.3) is 0 Å². The third-order valence-corrected chi connectivity index (χ3v) is 6.35. The van der Waals surface area contributed by atoms with Gasteiger partial charge in [0.05, 0.1) is 4.90 Å². The van der Waals surface area contributed by atoms with Gasteiger partial charge < -0.3 is 0 Å². The van der Waals surface area contributed by atoms with E-state index in [-0.39, 0.29) is 10.8 Å². The molecular formula is C14H20Cl2N2O2S. The molecule has 118 valence electrons. The van der Waals surface area contributed by atoms with E-state index in [4.69, 9.17) is 23.2 Å². The molecule has 1 fully saturated rings. The minimum Gasteiger partial charge on any atom is -0.298 e. The van der Waals surface area contributed by atoms with Crippen LogP contribution < -0.4 is 0 Å². The number of rotatable bonds is 4. The maximum atomic E-state index is 12.7. The van der Waals surface area contributed by atoms with Crippen molar-refractivity contribution in [1.82, 2.24) is 9.21 Å². The maximum Gasteiger partial charge on any atom is 0.243 e. The van der Waals surface area contributed by atoms with Crippen LogP contribution in [0.3, 0.4) is 0 Å². The van der Waals surface area contributed by atoms with Crippen LogP contribution >= 0.6 is 23.2 Å². The lowest BCUT2D eigenvalue weighted by Gasteiger charge is -2.36. The quantitative estimate of drug-likeness (QED) is 0.784. The molecule has 0 amide bonds. The molecule has 1 aromatic carbocycles. The fourth-order valence-electron chi connectivity index (χ4n) is 2.42. The summed E-state index contributed by atoms with van der Waals surface area (Å²) in [5, 5.41) is 0.494. The summed E-state index contributed by atoms with van der Waals surface area (Å²) in [5.74, 6) is 0.198. The second kappa shape index (κ2) is 6.84. The van der Waals surface area contributed by atoms with Gasteiger partial charge in [0.15, 0.2) is 0 Å². The van der Waals surface area contributed by atoms with Gasteiger partial charge in [-0.3, -0.25) is 4.90 Å². The van der Waals surface area contributed by atoms with Crippen molar-refractivity contribution in [3.63, 3.8) is 0 Å². The second-order valence-electron chi connectivity index (χ2n) is 5.42. The first-order valence-corrected chi connectivity index (χ1v) is 9.30. The molecule has 0 N–H and O–H groups in total. The summed E-state index contributed by atoms with van der Waals surface area (Å²) in [4.78, 5) is 2.54. The Hall–Kier alpha value is -0.330. The van der Waals surface area contributed by atoms with Crippen molar-refractivity contribution in [1.29, 1.82) is 0 Å². The van der Waals surface area contributed by atoms with Crippen molar-refractivity contribution < 1.29 is 8.42 Å². The third-order valence-electron chi connectivity index (χ3n) is 3.80. The predicted molar refractivity (Wildman–Crippen MR) is 86.5 cm³/mol. The van der Waals surface area contributed by atoms with E-state index in [9.17, 15) is 8.42 Å². The largest absolute Gasteiger partial charge is 0.298 e. The topological polar surface area (TPSA) is 40.6 Å². The fraction of sp³-hybridized carbons (Fsp3) is 0.571. The molecule has 1 aliphatic rings. The Bertz CT molecular complexity index is 597. The van der Waals surface area contributed by atoms with E-state index < -0.39 is 10.0 Å². The highest BCUT2D eigenvalue weighted by Crippen LogP contribution is 2.25. The van der Waals surface area contributed by atoms with Gasteiger partial charge in [0, 0.05) is 43.1 Å². The molecule has 0 spiro atoms. The molecule has 7 heteroatoms. The molecule has 0 aromatic heterocycles. The zero-order valence-electron chi connectivity index (χ0n) is 12.2. The molecule has 0 radical (unpaired) electrons. The van der Waals surface area contributed by atoms with Crippen molar-refractivity contribution in [2.45, 2.75) is 30.7 Å². The summed E-state index contributed by atoms with van der Waals surface area (Å²) in [6, 6.07) is 5.15. The Balaban J connectivity index is 2.19. The maximum absolute atomic E-state index is 12.7. The number of hydrogen-bond donors (Lipinski definition) is 0. The molecule has 1 aliphatic heterocycles. The average Bonchev–Trinajstić information content (AvgIpc) is 2.47. The lowest BCUT2D eigenvalue weighted by molar-refractivity contribution is 0.154. The minimum atomic E-state index is -3.47. The van der Waals surface area contributed by atoms with Gasteiger partial charge in [-0.1, -0.05) is 11.6 Å². The van der Waals surface area contributed by atoms with Crippen molar-refractivity contribution in [2.75, 3.05) is 26.2 Å². The van der Waals surface area contributed by atoms with Crippen LogP contribution in [0, 0.1) is 0 Å². The number of piperazine rings is 1. The highest BCUT2D eigenvalue weighted by molar-refractivity contribution is 7.89. The first kappa shape index (κ1) is 17.0. The van der Waals surface area contributed by atoms with Gasteiger partial charge in [-0.05, 0) is 37.6 Å². The standard InChI is InChI=1S/C14H20Cl2N2O2S/c1-11(2)17-5-7-18(8-6-17)21(19,20)13-3-4-14(16)12(9-13)10-15/h3-4,9,11H,5-8,10H2,1-2H3. The highest BCUT2D eigenvalue weighted by atomic mass is 35.5. The number of hydrogen-bond acceptors (Lipinski definition) is 3. The molecule has 0 atom stereocenters. The Kier molecular flexibility index (Phi) is 5.54. The molecule has 4 nitrogen and oxygen atoms in total. The first-order valence-electron chi connectivity index (χ1n) is 6.95. The Morgan fingerprint density at radius 2 is 1.81 bits per heavy atom. The van der Waals surface area contributed by atoms with Crippen molar-refractivity contribution >= 4 is 33.2 Å². The molecule has 0 bridgehead atoms. The highest BCUT2D eigenvalue weighted by Gasteiger charge is 2.29. The van der Waals surface area contributed by atoms with Crippen LogP contribution in [0.15, 0.2) is 23.1 Å². The van der Waals surface area contributed by atoms with E-state index in [0.717, 1.165) is 13.1 Å². The lowest BCUT2D eigenvalue weighted by atomic mass is 10.2. The van der Waals surface area contributed by atoms with Crippen LogP contribution in [0.5, 0.6) is 0 Å². The number of sulfonamides is 1. The molecule has 1 heterocycles. The summed E-state index contributed by atoms with van der Waals surface area (Å²) >= 11 is 11.8. The predicted octanol–water partition coefficient (Wildman–Crippen LogP) is 2.79. The van der Waals surface area contributed by atoms with E-state index in [1.807, 2.05) is 0 Å². The molecule has 1 saturated heterocycles. The van der Waals surface area contributed by atoms with E-state index in [2.05, 4.69) is 18.7 Å². The minimum absolute atomic E-state index is 0.198. The number of alkyl halides is 1. The van der Waals surface area contributed by atoms with Crippen LogP contribution in [-0.4, -0.2) is 49.8 Å². The second-order valence-corrected chi connectivity index (χ2v) is 8.03. The van der Waals surface area contributed by atoms with Gasteiger partial charge in [0.2, 0.25) is 10.0 Å². The van der Waals surface area contributed by atoms with E-state index in [1.54, 1.807) is 18.2 Å². The Morgan fingerprint density at radius 1 is 1.19 bits per heavy atom.